The second-order valence-corrected chi connectivity index (χ2v) is 8.44. The molecule has 0 bridgehead atoms. The summed E-state index contributed by atoms with van der Waals surface area (Å²) in [6.45, 7) is 6.18. The van der Waals surface area contributed by atoms with Gasteiger partial charge in [0.25, 0.3) is 0 Å². The van der Waals surface area contributed by atoms with Gasteiger partial charge in [-0.15, -0.1) is 0 Å². The molecule has 0 spiro atoms. The number of hydrogen-bond acceptors (Lipinski definition) is 3. The molecule has 26 heavy (non-hydrogen) atoms. The van der Waals surface area contributed by atoms with E-state index in [0.29, 0.717) is 0 Å². The Kier molecular flexibility index (Phi) is 7.35. The van der Waals surface area contributed by atoms with Crippen molar-refractivity contribution in [1.82, 2.24) is 15.1 Å². The van der Waals surface area contributed by atoms with Crippen molar-refractivity contribution in [2.24, 2.45) is 11.8 Å². The second-order valence-electron chi connectivity index (χ2n) is 8.00. The Hall–Kier alpha value is -1.10. The van der Waals surface area contributed by atoms with Crippen LogP contribution in [0.3, 0.4) is 0 Å². The van der Waals surface area contributed by atoms with Gasteiger partial charge in [-0.2, -0.15) is 0 Å². The fourth-order valence-corrected chi connectivity index (χ4v) is 4.22. The average molecular weight is 378 g/mol. The van der Waals surface area contributed by atoms with Gasteiger partial charge in [-0.3, -0.25) is 9.69 Å². The minimum absolute atomic E-state index is 0.189. The zero-order valence-corrected chi connectivity index (χ0v) is 16.7. The molecule has 1 aromatic rings. The lowest BCUT2D eigenvalue weighted by Gasteiger charge is -2.32. The van der Waals surface area contributed by atoms with Gasteiger partial charge in [0.1, 0.15) is 0 Å². The molecule has 3 rings (SSSR count). The lowest BCUT2D eigenvalue weighted by molar-refractivity contribution is -0.126. The number of halogens is 1. The zero-order chi connectivity index (χ0) is 18.4. The van der Waals surface area contributed by atoms with Crippen molar-refractivity contribution in [3.05, 3.63) is 34.9 Å². The van der Waals surface area contributed by atoms with Crippen LogP contribution in [0.4, 0.5) is 0 Å². The van der Waals surface area contributed by atoms with Crippen molar-refractivity contribution in [3.8, 4) is 0 Å². The van der Waals surface area contributed by atoms with Crippen LogP contribution in [0.1, 0.15) is 37.7 Å². The third-order valence-electron chi connectivity index (χ3n) is 5.97. The lowest BCUT2D eigenvalue weighted by Crippen LogP contribution is -2.41. The van der Waals surface area contributed by atoms with E-state index >= 15 is 0 Å². The van der Waals surface area contributed by atoms with Crippen LogP contribution in [0.5, 0.6) is 0 Å². The number of benzene rings is 1. The van der Waals surface area contributed by atoms with Gasteiger partial charge < -0.3 is 10.2 Å². The first kappa shape index (κ1) is 19.7. The molecule has 0 atom stereocenters. The molecule has 0 aliphatic carbocycles. The summed E-state index contributed by atoms with van der Waals surface area (Å²) in [7, 11) is 2.19. The number of likely N-dealkylation sites (tertiary alicyclic amines) is 2. The highest BCUT2D eigenvalue weighted by Gasteiger charge is 2.25. The van der Waals surface area contributed by atoms with Crippen LogP contribution in [0.2, 0.25) is 5.02 Å². The van der Waals surface area contributed by atoms with E-state index in [4.69, 9.17) is 11.6 Å². The zero-order valence-electron chi connectivity index (χ0n) is 15.9. The standard InChI is InChI=1S/C21H32ClN3O/c1-24-12-7-17(8-13-24)6-11-23-21(26)19-9-14-25(15-10-19)16-18-2-4-20(22)5-3-18/h2-5,17,19H,6-16H2,1H3,(H,23,26). The summed E-state index contributed by atoms with van der Waals surface area (Å²) >= 11 is 5.95. The Morgan fingerprint density at radius 1 is 1.08 bits per heavy atom. The molecule has 0 saturated carbocycles. The number of amides is 1. The highest BCUT2D eigenvalue weighted by molar-refractivity contribution is 6.30. The lowest BCUT2D eigenvalue weighted by atomic mass is 9.93. The predicted octanol–water partition coefficient (Wildman–Crippen LogP) is 3.40. The summed E-state index contributed by atoms with van der Waals surface area (Å²) in [4.78, 5) is 17.3. The summed E-state index contributed by atoms with van der Waals surface area (Å²) in [5.74, 6) is 1.24. The first-order chi connectivity index (χ1) is 12.6. The van der Waals surface area contributed by atoms with E-state index in [1.54, 1.807) is 0 Å². The van der Waals surface area contributed by atoms with E-state index in [9.17, 15) is 4.79 Å². The first-order valence-electron chi connectivity index (χ1n) is 10.0. The Bertz CT molecular complexity index is 561. The largest absolute Gasteiger partial charge is 0.356 e. The normalized spacial score (nSPS) is 21.0. The van der Waals surface area contributed by atoms with E-state index in [-0.39, 0.29) is 11.8 Å². The Balaban J connectivity index is 1.32. The van der Waals surface area contributed by atoms with E-state index < -0.39 is 0 Å². The summed E-state index contributed by atoms with van der Waals surface area (Å²) in [5, 5.41) is 3.98. The molecule has 2 heterocycles. The fraction of sp³-hybridized carbons (Fsp3) is 0.667. The minimum atomic E-state index is 0.189. The summed E-state index contributed by atoms with van der Waals surface area (Å²) in [6, 6.07) is 8.07. The van der Waals surface area contributed by atoms with Gasteiger partial charge in [0, 0.05) is 24.0 Å². The van der Waals surface area contributed by atoms with Gasteiger partial charge >= 0.3 is 0 Å². The van der Waals surface area contributed by atoms with Crippen molar-refractivity contribution in [2.45, 2.75) is 38.6 Å². The molecule has 1 amide bonds. The molecule has 2 aliphatic heterocycles. The molecule has 2 saturated heterocycles. The summed E-state index contributed by atoms with van der Waals surface area (Å²) in [5.41, 5.74) is 1.29. The quantitative estimate of drug-likeness (QED) is 0.825. The molecule has 4 nitrogen and oxygen atoms in total. The van der Waals surface area contributed by atoms with Gasteiger partial charge in [-0.05, 0) is 88.9 Å². The second kappa shape index (κ2) is 9.72. The van der Waals surface area contributed by atoms with Crippen LogP contribution in [-0.2, 0) is 11.3 Å². The molecule has 2 aliphatic rings. The van der Waals surface area contributed by atoms with Crippen LogP contribution < -0.4 is 5.32 Å². The van der Waals surface area contributed by atoms with Crippen LogP contribution in [0.25, 0.3) is 0 Å². The SMILES string of the molecule is CN1CCC(CCNC(=O)C2CCN(Cc3ccc(Cl)cc3)CC2)CC1. The van der Waals surface area contributed by atoms with Gasteiger partial charge in [-0.1, -0.05) is 23.7 Å². The highest BCUT2D eigenvalue weighted by Crippen LogP contribution is 2.21. The van der Waals surface area contributed by atoms with Crippen molar-refractivity contribution in [1.29, 1.82) is 0 Å². The third-order valence-corrected chi connectivity index (χ3v) is 6.22. The van der Waals surface area contributed by atoms with Crippen LogP contribution >= 0.6 is 11.6 Å². The fourth-order valence-electron chi connectivity index (χ4n) is 4.10. The van der Waals surface area contributed by atoms with Crippen LogP contribution in [0.15, 0.2) is 24.3 Å². The smallest absolute Gasteiger partial charge is 0.223 e. The van der Waals surface area contributed by atoms with Crippen molar-refractivity contribution >= 4 is 17.5 Å². The van der Waals surface area contributed by atoms with Crippen molar-refractivity contribution in [2.75, 3.05) is 39.8 Å². The summed E-state index contributed by atoms with van der Waals surface area (Å²) < 4.78 is 0. The Morgan fingerprint density at radius 2 is 1.73 bits per heavy atom. The molecule has 0 aromatic heterocycles. The molecule has 144 valence electrons. The molecule has 0 radical (unpaired) electrons. The number of piperidine rings is 2. The van der Waals surface area contributed by atoms with Crippen molar-refractivity contribution < 1.29 is 4.79 Å². The maximum Gasteiger partial charge on any atom is 0.223 e. The number of carbonyl (C=O) groups is 1. The number of rotatable bonds is 6. The first-order valence-corrected chi connectivity index (χ1v) is 10.4. The van der Waals surface area contributed by atoms with Crippen LogP contribution in [0, 0.1) is 11.8 Å². The van der Waals surface area contributed by atoms with E-state index in [0.717, 1.165) is 56.4 Å². The van der Waals surface area contributed by atoms with Gasteiger partial charge in [0.15, 0.2) is 0 Å². The molecule has 5 heteroatoms. The van der Waals surface area contributed by atoms with Crippen LogP contribution in [-0.4, -0.2) is 55.5 Å². The average Bonchev–Trinajstić information content (AvgIpc) is 2.66. The molecule has 0 unspecified atom stereocenters. The molecule has 1 aromatic carbocycles. The number of nitrogens with one attached hydrogen (secondary N) is 1. The Labute approximate surface area is 162 Å². The maximum atomic E-state index is 12.4. The van der Waals surface area contributed by atoms with E-state index in [1.165, 1.54) is 31.5 Å². The molecule has 1 N–H and O–H groups in total. The molecular weight excluding hydrogens is 346 g/mol. The minimum Gasteiger partial charge on any atom is -0.356 e. The number of carbonyl (C=O) groups excluding carboxylic acids is 1. The molecular formula is C21H32ClN3O. The Morgan fingerprint density at radius 3 is 2.38 bits per heavy atom. The van der Waals surface area contributed by atoms with E-state index in [1.807, 2.05) is 12.1 Å². The third kappa shape index (κ3) is 5.97. The number of hydrogen-bond donors (Lipinski definition) is 1. The summed E-state index contributed by atoms with van der Waals surface area (Å²) in [6.07, 6.45) is 5.61. The number of nitrogens with zero attached hydrogens (tertiary/aromatic N) is 2. The monoisotopic (exact) mass is 377 g/mol. The van der Waals surface area contributed by atoms with Gasteiger partial charge in [0.05, 0.1) is 0 Å². The topological polar surface area (TPSA) is 35.6 Å². The van der Waals surface area contributed by atoms with Gasteiger partial charge in [0.2, 0.25) is 5.91 Å². The van der Waals surface area contributed by atoms with E-state index in [2.05, 4.69) is 34.3 Å². The molecule has 2 fully saturated rings. The van der Waals surface area contributed by atoms with Crippen molar-refractivity contribution in [3.63, 3.8) is 0 Å². The predicted molar refractivity (Wildman–Crippen MR) is 107 cm³/mol. The van der Waals surface area contributed by atoms with Gasteiger partial charge in [-0.25, -0.2) is 0 Å². The highest BCUT2D eigenvalue weighted by atomic mass is 35.5. The maximum absolute atomic E-state index is 12.4.